The Kier molecular flexibility index (Phi) is 5.13. The molecule has 0 heterocycles. The summed E-state index contributed by atoms with van der Waals surface area (Å²) in [6.07, 6.45) is 1.03. The van der Waals surface area contributed by atoms with Crippen molar-refractivity contribution in [3.63, 3.8) is 0 Å². The second kappa shape index (κ2) is 7.07. The van der Waals surface area contributed by atoms with Crippen molar-refractivity contribution in [2.45, 2.75) is 26.0 Å². The zero-order valence-corrected chi connectivity index (χ0v) is 11.3. The largest absolute Gasteiger partial charge is 0.392 e. The molecule has 0 amide bonds. The number of aliphatic hydroxyl groups excluding tert-OH is 1. The molecule has 2 aromatic carbocycles. The van der Waals surface area contributed by atoms with Crippen LogP contribution in [0, 0.1) is 0 Å². The first-order chi connectivity index (χ1) is 9.29. The van der Waals surface area contributed by atoms with Crippen molar-refractivity contribution >= 4 is 0 Å². The minimum Gasteiger partial charge on any atom is -0.392 e. The Morgan fingerprint density at radius 2 is 1.74 bits per heavy atom. The van der Waals surface area contributed by atoms with Crippen LogP contribution in [0.4, 0.5) is 0 Å². The minimum atomic E-state index is 0.102. The van der Waals surface area contributed by atoms with Gasteiger partial charge >= 0.3 is 0 Å². The van der Waals surface area contributed by atoms with Crippen molar-refractivity contribution in [3.05, 3.63) is 71.3 Å². The summed E-state index contributed by atoms with van der Waals surface area (Å²) in [7, 11) is 0. The van der Waals surface area contributed by atoms with Gasteiger partial charge in [0.1, 0.15) is 0 Å². The molecule has 19 heavy (non-hydrogen) atoms. The average molecular weight is 255 g/mol. The molecule has 0 aliphatic heterocycles. The fourth-order valence-electron chi connectivity index (χ4n) is 2.16. The first-order valence-electron chi connectivity index (χ1n) is 6.76. The summed E-state index contributed by atoms with van der Waals surface area (Å²) < 4.78 is 0. The SMILES string of the molecule is CC(NCCc1ccccc1)c1cccc(CO)c1. The molecule has 2 heteroatoms. The van der Waals surface area contributed by atoms with Gasteiger partial charge in [0.05, 0.1) is 6.61 Å². The van der Waals surface area contributed by atoms with Gasteiger partial charge in [0, 0.05) is 6.04 Å². The molecule has 100 valence electrons. The topological polar surface area (TPSA) is 32.3 Å². The van der Waals surface area contributed by atoms with Crippen LogP contribution in [0.25, 0.3) is 0 Å². The molecule has 0 spiro atoms. The lowest BCUT2D eigenvalue weighted by Crippen LogP contribution is -2.21. The highest BCUT2D eigenvalue weighted by Crippen LogP contribution is 2.14. The van der Waals surface area contributed by atoms with Crippen molar-refractivity contribution in [2.24, 2.45) is 0 Å². The van der Waals surface area contributed by atoms with E-state index in [1.165, 1.54) is 11.1 Å². The normalized spacial score (nSPS) is 12.3. The van der Waals surface area contributed by atoms with Gasteiger partial charge in [-0.1, -0.05) is 54.6 Å². The highest BCUT2D eigenvalue weighted by molar-refractivity contribution is 5.25. The number of hydrogen-bond donors (Lipinski definition) is 2. The van der Waals surface area contributed by atoms with Crippen molar-refractivity contribution in [1.29, 1.82) is 0 Å². The molecule has 1 unspecified atom stereocenters. The van der Waals surface area contributed by atoms with E-state index in [1.54, 1.807) is 0 Å². The molecular formula is C17H21NO. The highest BCUT2D eigenvalue weighted by Gasteiger charge is 2.04. The molecule has 0 bridgehead atoms. The third-order valence-corrected chi connectivity index (χ3v) is 3.34. The summed E-state index contributed by atoms with van der Waals surface area (Å²) in [5.74, 6) is 0. The van der Waals surface area contributed by atoms with Crippen LogP contribution in [0.3, 0.4) is 0 Å². The molecule has 0 saturated carbocycles. The van der Waals surface area contributed by atoms with Crippen LogP contribution in [-0.2, 0) is 13.0 Å². The summed E-state index contributed by atoms with van der Waals surface area (Å²) in [6, 6.07) is 18.9. The molecule has 1 atom stereocenters. The Morgan fingerprint density at radius 3 is 2.47 bits per heavy atom. The average Bonchev–Trinajstić information content (AvgIpc) is 2.48. The lowest BCUT2D eigenvalue weighted by Gasteiger charge is -2.15. The van der Waals surface area contributed by atoms with Gasteiger partial charge in [-0.3, -0.25) is 0 Å². The van der Waals surface area contributed by atoms with E-state index in [-0.39, 0.29) is 6.61 Å². The van der Waals surface area contributed by atoms with Crippen LogP contribution < -0.4 is 5.32 Å². The van der Waals surface area contributed by atoms with Crippen molar-refractivity contribution < 1.29 is 5.11 Å². The number of hydrogen-bond acceptors (Lipinski definition) is 2. The zero-order valence-electron chi connectivity index (χ0n) is 11.3. The molecule has 2 rings (SSSR count). The summed E-state index contributed by atoms with van der Waals surface area (Å²) in [5, 5.41) is 12.7. The van der Waals surface area contributed by atoms with Gasteiger partial charge in [-0.25, -0.2) is 0 Å². The summed E-state index contributed by atoms with van der Waals surface area (Å²) >= 11 is 0. The number of benzene rings is 2. The third kappa shape index (κ3) is 4.19. The Hall–Kier alpha value is -1.64. The van der Waals surface area contributed by atoms with Crippen LogP contribution in [-0.4, -0.2) is 11.7 Å². The van der Waals surface area contributed by atoms with E-state index < -0.39 is 0 Å². The quantitative estimate of drug-likeness (QED) is 0.831. The first-order valence-corrected chi connectivity index (χ1v) is 6.76. The molecule has 0 saturated heterocycles. The Bertz CT molecular complexity index is 496. The van der Waals surface area contributed by atoms with Crippen molar-refractivity contribution in [3.8, 4) is 0 Å². The van der Waals surface area contributed by atoms with Crippen LogP contribution in [0.15, 0.2) is 54.6 Å². The van der Waals surface area contributed by atoms with Gasteiger partial charge in [-0.15, -0.1) is 0 Å². The summed E-state index contributed by atoms with van der Waals surface area (Å²) in [6.45, 7) is 3.21. The molecule has 0 aliphatic carbocycles. The van der Waals surface area contributed by atoms with Gasteiger partial charge in [-0.2, -0.15) is 0 Å². The Labute approximate surface area is 115 Å². The molecule has 2 aromatic rings. The van der Waals surface area contributed by atoms with E-state index in [1.807, 2.05) is 18.2 Å². The van der Waals surface area contributed by atoms with Crippen molar-refractivity contribution in [1.82, 2.24) is 5.32 Å². The van der Waals surface area contributed by atoms with Crippen LogP contribution in [0.2, 0.25) is 0 Å². The molecule has 2 nitrogen and oxygen atoms in total. The predicted octanol–water partition coefficient (Wildman–Crippen LogP) is 3.07. The van der Waals surface area contributed by atoms with Gasteiger partial charge < -0.3 is 10.4 Å². The van der Waals surface area contributed by atoms with Gasteiger partial charge in [-0.05, 0) is 36.6 Å². The van der Waals surface area contributed by atoms with Gasteiger partial charge in [0.25, 0.3) is 0 Å². The smallest absolute Gasteiger partial charge is 0.0681 e. The van der Waals surface area contributed by atoms with Crippen molar-refractivity contribution in [2.75, 3.05) is 6.54 Å². The Morgan fingerprint density at radius 1 is 1.00 bits per heavy atom. The monoisotopic (exact) mass is 255 g/mol. The predicted molar refractivity (Wildman–Crippen MR) is 78.9 cm³/mol. The zero-order chi connectivity index (χ0) is 13.5. The number of rotatable bonds is 6. The maximum absolute atomic E-state index is 9.15. The lowest BCUT2D eigenvalue weighted by molar-refractivity contribution is 0.281. The highest BCUT2D eigenvalue weighted by atomic mass is 16.3. The summed E-state index contributed by atoms with van der Waals surface area (Å²) in [4.78, 5) is 0. The fourth-order valence-corrected chi connectivity index (χ4v) is 2.16. The maximum Gasteiger partial charge on any atom is 0.0681 e. The maximum atomic E-state index is 9.15. The van der Waals surface area contributed by atoms with Crippen LogP contribution in [0.5, 0.6) is 0 Å². The lowest BCUT2D eigenvalue weighted by atomic mass is 10.1. The van der Waals surface area contributed by atoms with Gasteiger partial charge in [0.2, 0.25) is 0 Å². The van der Waals surface area contributed by atoms with Gasteiger partial charge in [0.15, 0.2) is 0 Å². The van der Waals surface area contributed by atoms with Crippen LogP contribution >= 0.6 is 0 Å². The first kappa shape index (κ1) is 13.8. The molecule has 0 aliphatic rings. The van der Waals surface area contributed by atoms with E-state index in [2.05, 4.69) is 48.6 Å². The summed E-state index contributed by atoms with van der Waals surface area (Å²) in [5.41, 5.74) is 3.54. The van der Waals surface area contributed by atoms with E-state index in [9.17, 15) is 0 Å². The molecule has 0 fully saturated rings. The standard InChI is InChI=1S/C17H21NO/c1-14(17-9-5-8-16(12-17)13-19)18-11-10-15-6-3-2-4-7-15/h2-9,12,14,18-19H,10-11,13H2,1H3. The van der Waals surface area contributed by atoms with Crippen LogP contribution in [0.1, 0.15) is 29.7 Å². The fraction of sp³-hybridized carbons (Fsp3) is 0.294. The molecular weight excluding hydrogens is 234 g/mol. The number of aliphatic hydroxyl groups is 1. The van der Waals surface area contributed by atoms with E-state index in [0.29, 0.717) is 6.04 Å². The Balaban J connectivity index is 1.85. The van der Waals surface area contributed by atoms with E-state index >= 15 is 0 Å². The minimum absolute atomic E-state index is 0.102. The third-order valence-electron chi connectivity index (χ3n) is 3.34. The molecule has 0 radical (unpaired) electrons. The molecule has 0 aromatic heterocycles. The molecule has 2 N–H and O–H groups in total. The second-order valence-electron chi connectivity index (χ2n) is 4.81. The van der Waals surface area contributed by atoms with E-state index in [4.69, 9.17) is 5.11 Å². The number of nitrogens with one attached hydrogen (secondary N) is 1. The second-order valence-corrected chi connectivity index (χ2v) is 4.81. The van der Waals surface area contributed by atoms with E-state index in [0.717, 1.165) is 18.5 Å².